The summed E-state index contributed by atoms with van der Waals surface area (Å²) < 4.78 is 11.3. The normalized spacial score (nSPS) is 13.0. The van der Waals surface area contributed by atoms with Crippen LogP contribution >= 0.6 is 0 Å². The number of aryl methyl sites for hydroxylation is 2. The topological polar surface area (TPSA) is 18.5 Å². The average Bonchev–Trinajstić information content (AvgIpc) is 2.97. The zero-order chi connectivity index (χ0) is 14.7. The van der Waals surface area contributed by atoms with E-state index in [0.717, 1.165) is 11.5 Å². The third-order valence-electron chi connectivity index (χ3n) is 3.98. The minimum absolute atomic E-state index is 0.647. The van der Waals surface area contributed by atoms with Crippen LogP contribution in [0.4, 0.5) is 0 Å². The van der Waals surface area contributed by atoms with E-state index >= 15 is 0 Å². The Kier molecular flexibility index (Phi) is 4.14. The summed E-state index contributed by atoms with van der Waals surface area (Å²) in [5.41, 5.74) is 5.46. The average molecular weight is 282 g/mol. The molecular weight excluding hydrogens is 260 g/mol. The predicted molar refractivity (Wildman–Crippen MR) is 86.2 cm³/mol. The van der Waals surface area contributed by atoms with Gasteiger partial charge in [0.1, 0.15) is 0 Å². The largest absolute Gasteiger partial charge is 0.490 e. The van der Waals surface area contributed by atoms with Gasteiger partial charge in [-0.3, -0.25) is 0 Å². The lowest BCUT2D eigenvalue weighted by atomic mass is 10.0. The Hall–Kier alpha value is -1.96. The van der Waals surface area contributed by atoms with Crippen molar-refractivity contribution in [2.24, 2.45) is 0 Å². The van der Waals surface area contributed by atoms with Crippen LogP contribution in [0.2, 0.25) is 0 Å². The van der Waals surface area contributed by atoms with Crippen molar-refractivity contribution in [2.75, 3.05) is 13.2 Å². The summed E-state index contributed by atoms with van der Waals surface area (Å²) in [6, 6.07) is 13.0. The second kappa shape index (κ2) is 6.21. The van der Waals surface area contributed by atoms with Gasteiger partial charge in [0, 0.05) is 0 Å². The van der Waals surface area contributed by atoms with Crippen molar-refractivity contribution in [3.8, 4) is 22.6 Å². The Bertz CT molecular complexity index is 631. The Morgan fingerprint density at radius 1 is 0.762 bits per heavy atom. The second-order valence-corrected chi connectivity index (χ2v) is 5.36. The molecule has 0 unspecified atom stereocenters. The van der Waals surface area contributed by atoms with Crippen LogP contribution in [0.15, 0.2) is 36.4 Å². The lowest BCUT2D eigenvalue weighted by molar-refractivity contribution is 0.288. The summed E-state index contributed by atoms with van der Waals surface area (Å²) in [6.07, 6.45) is 3.72. The molecule has 0 atom stereocenters. The van der Waals surface area contributed by atoms with Crippen LogP contribution in [0.3, 0.4) is 0 Å². The number of hydrogen-bond acceptors (Lipinski definition) is 2. The molecule has 0 aliphatic heterocycles. The maximum absolute atomic E-state index is 5.72. The van der Waals surface area contributed by atoms with Gasteiger partial charge in [0.15, 0.2) is 11.5 Å². The van der Waals surface area contributed by atoms with Gasteiger partial charge in [-0.05, 0) is 67.5 Å². The highest BCUT2D eigenvalue weighted by Gasteiger charge is 2.13. The van der Waals surface area contributed by atoms with Crippen molar-refractivity contribution >= 4 is 0 Å². The lowest BCUT2D eigenvalue weighted by Gasteiger charge is -2.13. The van der Waals surface area contributed by atoms with E-state index in [1.807, 2.05) is 19.9 Å². The fraction of sp³-hybridized carbons (Fsp3) is 0.368. The fourth-order valence-electron chi connectivity index (χ4n) is 2.98. The standard InChI is InChI=1S/C19H22O2/c1-3-20-18-11-10-17(13-19(18)21-4-2)16-9-8-14-6-5-7-15(14)12-16/h8-13H,3-7H2,1-2H3. The molecule has 0 saturated heterocycles. The second-order valence-electron chi connectivity index (χ2n) is 5.36. The third kappa shape index (κ3) is 2.90. The zero-order valence-corrected chi connectivity index (χ0v) is 12.8. The smallest absolute Gasteiger partial charge is 0.161 e. The van der Waals surface area contributed by atoms with E-state index in [1.165, 1.54) is 41.5 Å². The van der Waals surface area contributed by atoms with Crippen LogP contribution in [0.5, 0.6) is 11.5 Å². The van der Waals surface area contributed by atoms with Crippen molar-refractivity contribution in [3.05, 3.63) is 47.5 Å². The van der Waals surface area contributed by atoms with Gasteiger partial charge < -0.3 is 9.47 Å². The van der Waals surface area contributed by atoms with Crippen molar-refractivity contribution in [2.45, 2.75) is 33.1 Å². The molecule has 2 nitrogen and oxygen atoms in total. The summed E-state index contributed by atoms with van der Waals surface area (Å²) in [6.45, 7) is 5.29. The molecule has 1 aliphatic rings. The van der Waals surface area contributed by atoms with Crippen LogP contribution in [0.25, 0.3) is 11.1 Å². The Morgan fingerprint density at radius 2 is 1.43 bits per heavy atom. The van der Waals surface area contributed by atoms with Crippen molar-refractivity contribution in [3.63, 3.8) is 0 Å². The van der Waals surface area contributed by atoms with E-state index in [-0.39, 0.29) is 0 Å². The van der Waals surface area contributed by atoms with Crippen molar-refractivity contribution in [1.29, 1.82) is 0 Å². The minimum atomic E-state index is 0.647. The molecule has 3 rings (SSSR count). The molecule has 1 aliphatic carbocycles. The van der Waals surface area contributed by atoms with Crippen LogP contribution in [0.1, 0.15) is 31.4 Å². The molecule has 110 valence electrons. The first-order valence-electron chi connectivity index (χ1n) is 7.83. The van der Waals surface area contributed by atoms with Crippen LogP contribution in [-0.4, -0.2) is 13.2 Å². The van der Waals surface area contributed by atoms with E-state index < -0.39 is 0 Å². The third-order valence-corrected chi connectivity index (χ3v) is 3.98. The molecular formula is C19H22O2. The van der Waals surface area contributed by atoms with Crippen LogP contribution < -0.4 is 9.47 Å². The summed E-state index contributed by atoms with van der Waals surface area (Å²) in [5.74, 6) is 1.65. The Labute approximate surface area is 126 Å². The summed E-state index contributed by atoms with van der Waals surface area (Å²) in [7, 11) is 0. The number of rotatable bonds is 5. The number of fused-ring (bicyclic) bond motifs is 1. The molecule has 0 radical (unpaired) electrons. The Morgan fingerprint density at radius 3 is 2.24 bits per heavy atom. The molecule has 0 bridgehead atoms. The lowest BCUT2D eigenvalue weighted by Crippen LogP contribution is -1.98. The summed E-state index contributed by atoms with van der Waals surface area (Å²) >= 11 is 0. The molecule has 0 amide bonds. The van der Waals surface area contributed by atoms with Gasteiger partial charge in [-0.15, -0.1) is 0 Å². The van der Waals surface area contributed by atoms with Gasteiger partial charge in [-0.1, -0.05) is 24.3 Å². The maximum atomic E-state index is 5.72. The number of hydrogen-bond donors (Lipinski definition) is 0. The highest BCUT2D eigenvalue weighted by atomic mass is 16.5. The quantitative estimate of drug-likeness (QED) is 0.795. The van der Waals surface area contributed by atoms with E-state index in [9.17, 15) is 0 Å². The van der Waals surface area contributed by atoms with Crippen molar-refractivity contribution < 1.29 is 9.47 Å². The van der Waals surface area contributed by atoms with Gasteiger partial charge in [-0.25, -0.2) is 0 Å². The van der Waals surface area contributed by atoms with E-state index in [1.54, 1.807) is 0 Å². The van der Waals surface area contributed by atoms with Crippen molar-refractivity contribution in [1.82, 2.24) is 0 Å². The first kappa shape index (κ1) is 14.0. The molecule has 2 aromatic carbocycles. The van der Waals surface area contributed by atoms with E-state index in [2.05, 4.69) is 30.3 Å². The molecule has 0 fully saturated rings. The molecule has 21 heavy (non-hydrogen) atoms. The van der Waals surface area contributed by atoms with E-state index in [0.29, 0.717) is 13.2 Å². The van der Waals surface area contributed by atoms with E-state index in [4.69, 9.17) is 9.47 Å². The monoisotopic (exact) mass is 282 g/mol. The van der Waals surface area contributed by atoms with Gasteiger partial charge in [0.05, 0.1) is 13.2 Å². The number of benzene rings is 2. The van der Waals surface area contributed by atoms with Crippen LogP contribution in [-0.2, 0) is 12.8 Å². The summed E-state index contributed by atoms with van der Waals surface area (Å²) in [5, 5.41) is 0. The first-order chi connectivity index (χ1) is 10.3. The molecule has 0 heterocycles. The zero-order valence-electron chi connectivity index (χ0n) is 12.8. The van der Waals surface area contributed by atoms with Gasteiger partial charge in [0.25, 0.3) is 0 Å². The summed E-state index contributed by atoms with van der Waals surface area (Å²) in [4.78, 5) is 0. The predicted octanol–water partition coefficient (Wildman–Crippen LogP) is 4.64. The van der Waals surface area contributed by atoms with Gasteiger partial charge in [0.2, 0.25) is 0 Å². The van der Waals surface area contributed by atoms with Gasteiger partial charge >= 0.3 is 0 Å². The molecule has 0 aromatic heterocycles. The number of ether oxygens (including phenoxy) is 2. The van der Waals surface area contributed by atoms with Gasteiger partial charge in [-0.2, -0.15) is 0 Å². The SMILES string of the molecule is CCOc1ccc(-c2ccc3c(c2)CCC3)cc1OCC. The Balaban J connectivity index is 1.96. The molecule has 0 saturated carbocycles. The molecule has 2 aromatic rings. The minimum Gasteiger partial charge on any atom is -0.490 e. The highest BCUT2D eigenvalue weighted by Crippen LogP contribution is 2.34. The molecule has 0 spiro atoms. The maximum Gasteiger partial charge on any atom is 0.161 e. The fourth-order valence-corrected chi connectivity index (χ4v) is 2.98. The van der Waals surface area contributed by atoms with Crippen LogP contribution in [0, 0.1) is 0 Å². The molecule has 2 heteroatoms. The molecule has 0 N–H and O–H groups in total. The first-order valence-corrected chi connectivity index (χ1v) is 7.83. The highest BCUT2D eigenvalue weighted by molar-refractivity contribution is 5.68.